The molecule has 132 valence electrons. The maximum Gasteiger partial charge on any atom is 0.214 e. The Kier molecular flexibility index (Phi) is 14.2. The maximum atomic E-state index is 11.6. The zero-order valence-electron chi connectivity index (χ0n) is 14.3. The van der Waals surface area contributed by atoms with Gasteiger partial charge in [-0.15, -0.1) is 0 Å². The van der Waals surface area contributed by atoms with E-state index in [4.69, 9.17) is 0 Å². The summed E-state index contributed by atoms with van der Waals surface area (Å²) in [5.74, 6) is 3.70. The molecular formula is C16H26O2S5. The topological polar surface area (TPSA) is 34.1 Å². The van der Waals surface area contributed by atoms with E-state index in [1.807, 2.05) is 11.8 Å². The molecule has 0 aromatic rings. The van der Waals surface area contributed by atoms with Crippen molar-refractivity contribution in [1.29, 1.82) is 0 Å². The third-order valence-electron chi connectivity index (χ3n) is 2.77. The summed E-state index contributed by atoms with van der Waals surface area (Å²) in [6, 6.07) is 0. The van der Waals surface area contributed by atoms with Crippen LogP contribution in [0.25, 0.3) is 0 Å². The van der Waals surface area contributed by atoms with Gasteiger partial charge < -0.3 is 0 Å². The summed E-state index contributed by atoms with van der Waals surface area (Å²) in [7, 11) is 0. The number of carbonyl (C=O) groups excluding carboxylic acids is 2. The predicted octanol–water partition coefficient (Wildman–Crippen LogP) is 4.85. The highest BCUT2D eigenvalue weighted by molar-refractivity contribution is 8.15. The van der Waals surface area contributed by atoms with Crippen LogP contribution in [0, 0.1) is 0 Å². The van der Waals surface area contributed by atoms with E-state index in [1.165, 1.54) is 23.5 Å². The second-order valence-corrected chi connectivity index (χ2v) is 10.3. The van der Waals surface area contributed by atoms with E-state index in [-0.39, 0.29) is 10.2 Å². The van der Waals surface area contributed by atoms with Crippen molar-refractivity contribution in [2.75, 3.05) is 35.5 Å². The third-order valence-corrected chi connectivity index (χ3v) is 9.25. The summed E-state index contributed by atoms with van der Waals surface area (Å²) in [6.07, 6.45) is 4.18. The van der Waals surface area contributed by atoms with Crippen LogP contribution >= 0.6 is 58.8 Å². The van der Waals surface area contributed by atoms with Gasteiger partial charge in [0.2, 0.25) is 10.2 Å². The summed E-state index contributed by atoms with van der Waals surface area (Å²) in [5.41, 5.74) is 1.23. The van der Waals surface area contributed by atoms with Crippen LogP contribution in [0.2, 0.25) is 0 Å². The van der Waals surface area contributed by atoms with E-state index >= 15 is 0 Å². The van der Waals surface area contributed by atoms with Crippen molar-refractivity contribution in [1.82, 2.24) is 0 Å². The van der Waals surface area contributed by atoms with Gasteiger partial charge in [0.05, 0.1) is 0 Å². The monoisotopic (exact) mass is 410 g/mol. The zero-order chi connectivity index (χ0) is 17.8. The highest BCUT2D eigenvalue weighted by Gasteiger charge is 2.15. The number of carbonyl (C=O) groups is 2. The molecule has 0 rings (SSSR count). The molecule has 0 saturated heterocycles. The predicted molar refractivity (Wildman–Crippen MR) is 116 cm³/mol. The molecule has 0 spiro atoms. The Balaban J connectivity index is 4.06. The van der Waals surface area contributed by atoms with Gasteiger partial charge in [-0.1, -0.05) is 36.7 Å². The minimum atomic E-state index is 0.0887. The van der Waals surface area contributed by atoms with Gasteiger partial charge in [0, 0.05) is 33.5 Å². The van der Waals surface area contributed by atoms with Gasteiger partial charge in [0.25, 0.3) is 0 Å². The van der Waals surface area contributed by atoms with Gasteiger partial charge in [0.1, 0.15) is 0 Å². The summed E-state index contributed by atoms with van der Waals surface area (Å²) in [5, 5.41) is 1.09. The maximum absolute atomic E-state index is 11.6. The van der Waals surface area contributed by atoms with Crippen molar-refractivity contribution >= 4 is 69.0 Å². The molecular weight excluding hydrogens is 385 g/mol. The molecule has 7 heteroatoms. The van der Waals surface area contributed by atoms with Crippen LogP contribution in [0.3, 0.4) is 0 Å². The zero-order valence-corrected chi connectivity index (χ0v) is 18.3. The quantitative estimate of drug-likeness (QED) is 0.425. The van der Waals surface area contributed by atoms with Crippen molar-refractivity contribution in [3.8, 4) is 0 Å². The summed E-state index contributed by atoms with van der Waals surface area (Å²) in [6.45, 7) is 10.9. The van der Waals surface area contributed by atoms with E-state index in [2.05, 4.69) is 25.7 Å². The van der Waals surface area contributed by atoms with Gasteiger partial charge in [-0.25, -0.2) is 0 Å². The first-order valence-corrected chi connectivity index (χ1v) is 12.8. The molecule has 23 heavy (non-hydrogen) atoms. The molecule has 2 nitrogen and oxygen atoms in total. The summed E-state index contributed by atoms with van der Waals surface area (Å²) < 4.78 is 0. The number of rotatable bonds is 12. The minimum absolute atomic E-state index is 0.0887. The fourth-order valence-electron chi connectivity index (χ4n) is 1.28. The Hall–Kier alpha value is 0.570. The average molecular weight is 411 g/mol. The molecule has 0 heterocycles. The first kappa shape index (κ1) is 23.6. The second-order valence-electron chi connectivity index (χ2n) is 5.01. The molecule has 0 aromatic heterocycles. The average Bonchev–Trinajstić information content (AvgIpc) is 2.52. The van der Waals surface area contributed by atoms with Gasteiger partial charge in [-0.05, 0) is 37.5 Å². The van der Waals surface area contributed by atoms with Crippen LogP contribution < -0.4 is 0 Å². The highest BCUT2D eigenvalue weighted by Crippen LogP contribution is 2.25. The van der Waals surface area contributed by atoms with Crippen LogP contribution in [-0.4, -0.2) is 56.3 Å². The van der Waals surface area contributed by atoms with Crippen molar-refractivity contribution in [2.24, 2.45) is 0 Å². The summed E-state index contributed by atoms with van der Waals surface area (Å²) in [4.78, 5) is 23.2. The van der Waals surface area contributed by atoms with Crippen molar-refractivity contribution < 1.29 is 9.59 Å². The first-order valence-electron chi connectivity index (χ1n) is 7.10. The molecule has 0 aliphatic rings. The van der Waals surface area contributed by atoms with Crippen molar-refractivity contribution in [3.05, 3.63) is 24.3 Å². The Bertz CT molecular complexity index is 385. The minimum Gasteiger partial charge on any atom is -0.282 e. The smallest absolute Gasteiger partial charge is 0.214 e. The lowest BCUT2D eigenvalue weighted by Gasteiger charge is -2.16. The van der Waals surface area contributed by atoms with E-state index in [0.29, 0.717) is 21.6 Å². The standard InChI is InChI=1S/C16H26O2S5/c1-11(2)15(17)22-9-13(19-5)7-21-8-14(20-6)10-23-16(18)12(3)4/h13-14H,1,3,7-10H2,2,4-6H3. The lowest BCUT2D eigenvalue weighted by Crippen LogP contribution is -2.16. The number of thioether (sulfide) groups is 5. The normalized spacial score (nSPS) is 13.4. The van der Waals surface area contributed by atoms with Crippen molar-refractivity contribution in [3.63, 3.8) is 0 Å². The molecule has 0 aliphatic heterocycles. The molecule has 0 saturated carbocycles. The van der Waals surface area contributed by atoms with Crippen LogP contribution in [0.1, 0.15) is 13.8 Å². The Morgan fingerprint density at radius 1 is 0.783 bits per heavy atom. The van der Waals surface area contributed by atoms with E-state index in [1.54, 1.807) is 37.4 Å². The summed E-state index contributed by atoms with van der Waals surface area (Å²) >= 11 is 8.24. The highest BCUT2D eigenvalue weighted by atomic mass is 32.2. The molecule has 0 fully saturated rings. The van der Waals surface area contributed by atoms with Gasteiger partial charge in [-0.2, -0.15) is 35.3 Å². The molecule has 0 N–H and O–H groups in total. The molecule has 0 aliphatic carbocycles. The molecule has 0 aromatic carbocycles. The second kappa shape index (κ2) is 13.8. The van der Waals surface area contributed by atoms with E-state index < -0.39 is 0 Å². The van der Waals surface area contributed by atoms with Crippen LogP contribution in [0.15, 0.2) is 24.3 Å². The lowest BCUT2D eigenvalue weighted by molar-refractivity contribution is -0.108. The molecule has 2 unspecified atom stereocenters. The Labute approximate surface area is 162 Å². The van der Waals surface area contributed by atoms with Gasteiger partial charge in [-0.3, -0.25) is 9.59 Å². The fraction of sp³-hybridized carbons (Fsp3) is 0.625. The number of hydrogen-bond donors (Lipinski definition) is 0. The van der Waals surface area contributed by atoms with Crippen LogP contribution in [0.4, 0.5) is 0 Å². The van der Waals surface area contributed by atoms with Gasteiger partial charge >= 0.3 is 0 Å². The molecule has 0 bridgehead atoms. The number of hydrogen-bond acceptors (Lipinski definition) is 7. The third kappa shape index (κ3) is 11.7. The van der Waals surface area contributed by atoms with E-state index in [0.717, 1.165) is 23.0 Å². The Morgan fingerprint density at radius 2 is 1.13 bits per heavy atom. The fourth-order valence-corrected chi connectivity index (χ4v) is 7.04. The first-order chi connectivity index (χ1) is 10.8. The molecule has 0 radical (unpaired) electrons. The largest absolute Gasteiger partial charge is 0.282 e. The lowest BCUT2D eigenvalue weighted by atomic mass is 10.4. The molecule has 2 atom stereocenters. The Morgan fingerprint density at radius 3 is 1.39 bits per heavy atom. The molecule has 0 amide bonds. The van der Waals surface area contributed by atoms with Gasteiger partial charge in [0.15, 0.2) is 0 Å². The SMILES string of the molecule is C=C(C)C(=O)SCC(CSCC(CSC(=O)C(=C)C)SC)SC. The van der Waals surface area contributed by atoms with E-state index in [9.17, 15) is 9.59 Å². The van der Waals surface area contributed by atoms with Crippen molar-refractivity contribution in [2.45, 2.75) is 24.3 Å². The van der Waals surface area contributed by atoms with Crippen LogP contribution in [0.5, 0.6) is 0 Å². The van der Waals surface area contributed by atoms with Crippen LogP contribution in [-0.2, 0) is 9.59 Å².